The van der Waals surface area contributed by atoms with Crippen LogP contribution >= 0.6 is 0 Å². The molecule has 1 amide bonds. The third-order valence-electron chi connectivity index (χ3n) is 4.13. The summed E-state index contributed by atoms with van der Waals surface area (Å²) in [5.41, 5.74) is -0.377. The molecule has 19 heavy (non-hydrogen) atoms. The summed E-state index contributed by atoms with van der Waals surface area (Å²) in [4.78, 5) is 14.7. The predicted octanol–water partition coefficient (Wildman–Crippen LogP) is 0.356. The summed E-state index contributed by atoms with van der Waals surface area (Å²) in [6.07, 6.45) is 3.24. The van der Waals surface area contributed by atoms with Crippen molar-refractivity contribution in [1.29, 1.82) is 0 Å². The Morgan fingerprint density at radius 1 is 1.42 bits per heavy atom. The smallest absolute Gasteiger partial charge is 0.240 e. The SMILES string of the molecule is CC(CN1CCOCC1)NC(=O)C1(C)CCCCN1. The molecular weight excluding hydrogens is 242 g/mol. The van der Waals surface area contributed by atoms with Gasteiger partial charge in [-0.3, -0.25) is 9.69 Å². The Bertz CT molecular complexity index is 297. The molecule has 0 aromatic carbocycles. The second-order valence-electron chi connectivity index (χ2n) is 6.00. The highest BCUT2D eigenvalue weighted by Gasteiger charge is 2.34. The third-order valence-corrected chi connectivity index (χ3v) is 4.13. The molecular formula is C14H27N3O2. The van der Waals surface area contributed by atoms with E-state index in [9.17, 15) is 4.79 Å². The summed E-state index contributed by atoms with van der Waals surface area (Å²) in [6, 6.07) is 0.186. The Morgan fingerprint density at radius 2 is 2.16 bits per heavy atom. The van der Waals surface area contributed by atoms with Gasteiger partial charge in [0.15, 0.2) is 0 Å². The maximum absolute atomic E-state index is 12.4. The molecule has 110 valence electrons. The van der Waals surface area contributed by atoms with Gasteiger partial charge in [-0.15, -0.1) is 0 Å². The van der Waals surface area contributed by atoms with E-state index in [0.29, 0.717) is 0 Å². The molecule has 2 aliphatic rings. The zero-order chi connectivity index (χ0) is 13.7. The van der Waals surface area contributed by atoms with E-state index in [-0.39, 0.29) is 17.5 Å². The van der Waals surface area contributed by atoms with Gasteiger partial charge in [-0.05, 0) is 39.7 Å². The van der Waals surface area contributed by atoms with Crippen molar-refractivity contribution in [3.8, 4) is 0 Å². The maximum Gasteiger partial charge on any atom is 0.240 e. The second kappa shape index (κ2) is 6.68. The van der Waals surface area contributed by atoms with E-state index in [1.54, 1.807) is 0 Å². The number of hydrogen-bond acceptors (Lipinski definition) is 4. The maximum atomic E-state index is 12.4. The number of nitrogens with one attached hydrogen (secondary N) is 2. The van der Waals surface area contributed by atoms with Crippen LogP contribution in [0.25, 0.3) is 0 Å². The molecule has 2 unspecified atom stereocenters. The van der Waals surface area contributed by atoms with Crippen LogP contribution in [0, 0.1) is 0 Å². The molecule has 5 heteroatoms. The lowest BCUT2D eigenvalue weighted by Gasteiger charge is -2.35. The minimum atomic E-state index is -0.377. The molecule has 5 nitrogen and oxygen atoms in total. The van der Waals surface area contributed by atoms with Gasteiger partial charge < -0.3 is 15.4 Å². The van der Waals surface area contributed by atoms with Crippen molar-refractivity contribution in [3.63, 3.8) is 0 Å². The first kappa shape index (κ1) is 14.8. The van der Waals surface area contributed by atoms with Crippen molar-refractivity contribution in [1.82, 2.24) is 15.5 Å². The van der Waals surface area contributed by atoms with Crippen LogP contribution in [-0.2, 0) is 9.53 Å². The number of nitrogens with zero attached hydrogens (tertiary/aromatic N) is 1. The zero-order valence-electron chi connectivity index (χ0n) is 12.2. The molecule has 0 saturated carbocycles. The highest BCUT2D eigenvalue weighted by Crippen LogP contribution is 2.18. The number of carbonyl (C=O) groups excluding carboxylic acids is 1. The number of piperidine rings is 1. The lowest BCUT2D eigenvalue weighted by atomic mass is 9.90. The minimum absolute atomic E-state index is 0.146. The monoisotopic (exact) mass is 269 g/mol. The van der Waals surface area contributed by atoms with E-state index in [1.165, 1.54) is 6.42 Å². The van der Waals surface area contributed by atoms with Gasteiger partial charge in [-0.25, -0.2) is 0 Å². The quantitative estimate of drug-likeness (QED) is 0.773. The van der Waals surface area contributed by atoms with Gasteiger partial charge in [0.2, 0.25) is 5.91 Å². The van der Waals surface area contributed by atoms with Crippen molar-refractivity contribution < 1.29 is 9.53 Å². The summed E-state index contributed by atoms with van der Waals surface area (Å²) in [7, 11) is 0. The molecule has 2 atom stereocenters. The third kappa shape index (κ3) is 4.16. The number of rotatable bonds is 4. The minimum Gasteiger partial charge on any atom is -0.379 e. The zero-order valence-corrected chi connectivity index (χ0v) is 12.2. The first-order valence-corrected chi connectivity index (χ1v) is 7.46. The summed E-state index contributed by atoms with van der Waals surface area (Å²) < 4.78 is 5.33. The van der Waals surface area contributed by atoms with Crippen LogP contribution in [0.5, 0.6) is 0 Å². The van der Waals surface area contributed by atoms with Gasteiger partial charge in [0.1, 0.15) is 0 Å². The predicted molar refractivity (Wildman–Crippen MR) is 75.1 cm³/mol. The fourth-order valence-corrected chi connectivity index (χ4v) is 2.85. The summed E-state index contributed by atoms with van der Waals surface area (Å²) in [5, 5.41) is 6.51. The van der Waals surface area contributed by atoms with E-state index in [0.717, 1.165) is 52.2 Å². The Kier molecular flexibility index (Phi) is 5.19. The highest BCUT2D eigenvalue weighted by molar-refractivity contribution is 5.86. The molecule has 2 heterocycles. The Morgan fingerprint density at radius 3 is 2.79 bits per heavy atom. The Labute approximate surface area is 116 Å². The van der Waals surface area contributed by atoms with Crippen molar-refractivity contribution in [2.75, 3.05) is 39.4 Å². The average molecular weight is 269 g/mol. The van der Waals surface area contributed by atoms with Crippen LogP contribution in [0.1, 0.15) is 33.1 Å². The number of morpholine rings is 1. The second-order valence-corrected chi connectivity index (χ2v) is 6.00. The first-order chi connectivity index (χ1) is 9.10. The summed E-state index contributed by atoms with van der Waals surface area (Å²) in [5.74, 6) is 0.146. The van der Waals surface area contributed by atoms with Gasteiger partial charge >= 0.3 is 0 Å². The molecule has 0 spiro atoms. The highest BCUT2D eigenvalue weighted by atomic mass is 16.5. The van der Waals surface area contributed by atoms with E-state index in [1.807, 2.05) is 6.92 Å². The topological polar surface area (TPSA) is 53.6 Å². The molecule has 0 aliphatic carbocycles. The molecule has 2 fully saturated rings. The van der Waals surface area contributed by atoms with Crippen molar-refractivity contribution in [3.05, 3.63) is 0 Å². The number of amides is 1. The normalized spacial score (nSPS) is 30.8. The molecule has 0 aromatic heterocycles. The Balaban J connectivity index is 1.77. The first-order valence-electron chi connectivity index (χ1n) is 7.46. The average Bonchev–Trinajstić information content (AvgIpc) is 2.40. The fraction of sp³-hybridized carbons (Fsp3) is 0.929. The van der Waals surface area contributed by atoms with Gasteiger partial charge in [-0.1, -0.05) is 0 Å². The molecule has 2 aliphatic heterocycles. The molecule has 0 radical (unpaired) electrons. The molecule has 0 bridgehead atoms. The fourth-order valence-electron chi connectivity index (χ4n) is 2.85. The van der Waals surface area contributed by atoms with Crippen LogP contribution in [-0.4, -0.2) is 61.8 Å². The number of ether oxygens (including phenoxy) is 1. The summed E-state index contributed by atoms with van der Waals surface area (Å²) in [6.45, 7) is 9.50. The summed E-state index contributed by atoms with van der Waals surface area (Å²) >= 11 is 0. The van der Waals surface area contributed by atoms with Crippen LogP contribution in [0.15, 0.2) is 0 Å². The number of carbonyl (C=O) groups is 1. The van der Waals surface area contributed by atoms with Crippen LogP contribution < -0.4 is 10.6 Å². The molecule has 2 saturated heterocycles. The molecule has 2 N–H and O–H groups in total. The van der Waals surface area contributed by atoms with Gasteiger partial charge in [-0.2, -0.15) is 0 Å². The van der Waals surface area contributed by atoms with Gasteiger partial charge in [0, 0.05) is 25.7 Å². The largest absolute Gasteiger partial charge is 0.379 e. The molecule has 2 rings (SSSR count). The van der Waals surface area contributed by atoms with E-state index in [4.69, 9.17) is 4.74 Å². The van der Waals surface area contributed by atoms with Crippen molar-refractivity contribution in [2.45, 2.75) is 44.7 Å². The molecule has 0 aromatic rings. The van der Waals surface area contributed by atoms with E-state index < -0.39 is 0 Å². The Hall–Kier alpha value is -0.650. The lowest BCUT2D eigenvalue weighted by Crippen LogP contribution is -2.59. The standard InChI is InChI=1S/C14H27N3O2/c1-12(11-17-7-9-19-10-8-17)16-13(18)14(2)5-3-4-6-15-14/h12,15H,3-11H2,1-2H3,(H,16,18). The van der Waals surface area contributed by atoms with Gasteiger partial charge in [0.05, 0.1) is 18.8 Å². The van der Waals surface area contributed by atoms with Crippen LogP contribution in [0.3, 0.4) is 0 Å². The van der Waals surface area contributed by atoms with E-state index in [2.05, 4.69) is 22.5 Å². The van der Waals surface area contributed by atoms with Gasteiger partial charge in [0.25, 0.3) is 0 Å². The number of hydrogen-bond donors (Lipinski definition) is 2. The van der Waals surface area contributed by atoms with E-state index >= 15 is 0 Å². The van der Waals surface area contributed by atoms with Crippen molar-refractivity contribution in [2.24, 2.45) is 0 Å². The van der Waals surface area contributed by atoms with Crippen molar-refractivity contribution >= 4 is 5.91 Å². The lowest BCUT2D eigenvalue weighted by molar-refractivity contribution is -0.128. The van der Waals surface area contributed by atoms with Crippen LogP contribution in [0.4, 0.5) is 0 Å². The van der Waals surface area contributed by atoms with Crippen LogP contribution in [0.2, 0.25) is 0 Å².